The molecule has 0 aliphatic heterocycles. The summed E-state index contributed by atoms with van der Waals surface area (Å²) in [6.45, 7) is 0. The van der Waals surface area contributed by atoms with E-state index in [1.54, 1.807) is 34.0 Å². The third-order valence-electron chi connectivity index (χ3n) is 22.4. The number of nitrogens with zero attached hydrogens (tertiary/aromatic N) is 6. The van der Waals surface area contributed by atoms with Crippen molar-refractivity contribution in [2.24, 2.45) is 0 Å². The minimum absolute atomic E-state index is 1.08. The number of pyridine rings is 3. The van der Waals surface area contributed by atoms with E-state index in [2.05, 4.69) is 388 Å². The van der Waals surface area contributed by atoms with E-state index in [0.29, 0.717) is 0 Å². The summed E-state index contributed by atoms with van der Waals surface area (Å²) in [5.41, 5.74) is 28.7. The Labute approximate surface area is 668 Å². The molecule has 0 fully saturated rings. The Hall–Kier alpha value is -14.2. The Morgan fingerprint density at radius 3 is 0.868 bits per heavy atom. The summed E-state index contributed by atoms with van der Waals surface area (Å²) in [6.07, 6.45) is 5.65. The van der Waals surface area contributed by atoms with Gasteiger partial charge in [0.2, 0.25) is 0 Å². The fourth-order valence-electron chi connectivity index (χ4n) is 17.3. The molecule has 534 valence electrons. The van der Waals surface area contributed by atoms with Gasteiger partial charge < -0.3 is 13.7 Å². The highest BCUT2D eigenvalue weighted by molar-refractivity contribution is 7.26. The van der Waals surface area contributed by atoms with Crippen LogP contribution in [0.15, 0.2) is 401 Å². The monoisotopic (exact) mass is 1510 g/mol. The van der Waals surface area contributed by atoms with Crippen LogP contribution in [-0.2, 0) is 0 Å². The molecular weight excluding hydrogens is 1440 g/mol. The second-order valence-corrected chi connectivity index (χ2v) is 32.1. The van der Waals surface area contributed by atoms with Crippen molar-refractivity contribution in [3.05, 3.63) is 401 Å². The van der Waals surface area contributed by atoms with Crippen LogP contribution in [0.5, 0.6) is 0 Å². The molecule has 114 heavy (non-hydrogen) atoms. The molecule has 24 aromatic rings. The number of rotatable bonds is 9. The van der Waals surface area contributed by atoms with Gasteiger partial charge in [-0.15, -0.1) is 34.0 Å². The van der Waals surface area contributed by atoms with Gasteiger partial charge in [0.05, 0.1) is 69.4 Å². The van der Waals surface area contributed by atoms with Crippen molar-refractivity contribution in [1.82, 2.24) is 28.7 Å². The van der Waals surface area contributed by atoms with Gasteiger partial charge in [-0.1, -0.05) is 243 Å². The summed E-state index contributed by atoms with van der Waals surface area (Å²) >= 11 is 5.41. The number of aromatic nitrogens is 6. The average Bonchev–Trinajstić information content (AvgIpc) is 1.50. The minimum atomic E-state index is 1.08. The third kappa shape index (κ3) is 11.4. The lowest BCUT2D eigenvalue weighted by atomic mass is 9.93. The van der Waals surface area contributed by atoms with Crippen molar-refractivity contribution in [2.75, 3.05) is 0 Å². The van der Waals surface area contributed by atoms with Gasteiger partial charge in [-0.25, -0.2) is 0 Å². The summed E-state index contributed by atoms with van der Waals surface area (Å²) in [7, 11) is 0. The van der Waals surface area contributed by atoms with Crippen LogP contribution in [0.25, 0.3) is 210 Å². The van der Waals surface area contributed by atoms with Gasteiger partial charge in [-0.3, -0.25) is 15.0 Å². The molecule has 6 nitrogen and oxygen atoms in total. The van der Waals surface area contributed by atoms with E-state index < -0.39 is 0 Å². The molecule has 0 bridgehead atoms. The van der Waals surface area contributed by atoms with Gasteiger partial charge in [0.25, 0.3) is 0 Å². The maximum absolute atomic E-state index is 4.70. The van der Waals surface area contributed by atoms with Crippen LogP contribution in [0, 0.1) is 0 Å². The van der Waals surface area contributed by atoms with E-state index in [4.69, 9.17) is 4.98 Å². The molecule has 0 amide bonds. The van der Waals surface area contributed by atoms with Crippen LogP contribution < -0.4 is 0 Å². The smallest absolute Gasteiger partial charge is 0.0888 e. The van der Waals surface area contributed by atoms with Gasteiger partial charge in [0.15, 0.2) is 0 Å². The van der Waals surface area contributed by atoms with Gasteiger partial charge >= 0.3 is 0 Å². The molecule has 0 aliphatic rings. The summed E-state index contributed by atoms with van der Waals surface area (Å²) in [4.78, 5) is 14.0. The van der Waals surface area contributed by atoms with Gasteiger partial charge in [0, 0.05) is 98.1 Å². The molecular formula is C105H66N6S3. The number of hydrogen-bond donors (Lipinski definition) is 0. The van der Waals surface area contributed by atoms with E-state index in [9.17, 15) is 0 Å². The largest absolute Gasteiger partial charge is 0.309 e. The van der Waals surface area contributed by atoms with E-state index in [1.165, 1.54) is 188 Å². The van der Waals surface area contributed by atoms with Crippen LogP contribution in [-0.4, -0.2) is 28.7 Å². The maximum Gasteiger partial charge on any atom is 0.0888 e. The van der Waals surface area contributed by atoms with Gasteiger partial charge in [0.1, 0.15) is 0 Å². The zero-order valence-corrected chi connectivity index (χ0v) is 64.0. The van der Waals surface area contributed by atoms with Crippen LogP contribution in [0.1, 0.15) is 0 Å². The van der Waals surface area contributed by atoms with Gasteiger partial charge in [-0.2, -0.15) is 0 Å². The second-order valence-electron chi connectivity index (χ2n) is 28.8. The zero-order valence-electron chi connectivity index (χ0n) is 61.5. The lowest BCUT2D eigenvalue weighted by Crippen LogP contribution is -1.97. The standard InChI is InChI=1S/3C35H22N2S/c1-2-11-25(24(10-1)23-19-20-33-29(22-23)35-34(38-33)18-9-21-36-35)26-12-3-6-15-30(26)37-31-16-7-4-13-27(31)28-14-5-8-17-32(28)37;1-2-12-27(24-18-19-33-30(22-24)35-34(38-33)17-8-20-36-35)26(11-1)23-9-7-10-25(21-23)37-31-15-5-3-13-28(31)29-14-4-6-16-32(29)37;1-2-9-27(24-17-20-33-30(22-24)35-34(38-33)14-7-21-36-35)26(8-1)23-15-18-25(19-16-23)37-31-12-5-3-10-28(31)29-11-4-6-13-32(29)37/h3*1-22H. The Bertz CT molecular complexity index is 7740. The van der Waals surface area contributed by atoms with E-state index >= 15 is 0 Å². The molecule has 0 saturated heterocycles. The third-order valence-corrected chi connectivity index (χ3v) is 25.8. The molecule has 0 atom stereocenters. The Balaban J connectivity index is 0.000000104. The lowest BCUT2D eigenvalue weighted by molar-refractivity contribution is 1.18. The molecule has 9 aromatic heterocycles. The van der Waals surface area contributed by atoms with Crippen LogP contribution in [0.3, 0.4) is 0 Å². The molecule has 9 heterocycles. The van der Waals surface area contributed by atoms with Crippen molar-refractivity contribution in [3.63, 3.8) is 0 Å². The quantitative estimate of drug-likeness (QED) is 0.145. The second kappa shape index (κ2) is 28.0. The molecule has 0 radical (unpaired) electrons. The molecule has 0 N–H and O–H groups in total. The molecule has 0 unspecified atom stereocenters. The zero-order chi connectivity index (χ0) is 75.2. The maximum atomic E-state index is 4.70. The van der Waals surface area contributed by atoms with Crippen molar-refractivity contribution < 1.29 is 0 Å². The van der Waals surface area contributed by atoms with Crippen LogP contribution >= 0.6 is 34.0 Å². The SMILES string of the molecule is c1cc(-c2ccccc2-c2ccc3sc4cccnc4c3c2)cc(-n2c3ccccc3c3ccccc32)c1.c1ccc(-c2ccc3sc4cccnc4c3c2)c(-c2ccc(-n3c4ccccc4c4ccccc43)cc2)c1.c1ccc(-c2ccccc2-n2c3ccccc3c3ccccc32)c(-c2ccc3sc4cccnc4c3c2)c1. The Kier molecular flexibility index (Phi) is 16.4. The molecule has 0 aliphatic carbocycles. The highest BCUT2D eigenvalue weighted by atomic mass is 32.1. The first kappa shape index (κ1) is 66.8. The molecule has 0 saturated carbocycles. The van der Waals surface area contributed by atoms with Gasteiger partial charge in [-0.05, 0) is 201 Å². The number of para-hydroxylation sites is 7. The van der Waals surface area contributed by atoms with Crippen LogP contribution in [0.4, 0.5) is 0 Å². The van der Waals surface area contributed by atoms with Crippen molar-refractivity contribution in [1.29, 1.82) is 0 Å². The number of fused-ring (bicyclic) bond motifs is 18. The van der Waals surface area contributed by atoms with E-state index in [-0.39, 0.29) is 0 Å². The average molecular weight is 1510 g/mol. The van der Waals surface area contributed by atoms with Crippen molar-refractivity contribution >= 4 is 160 Å². The van der Waals surface area contributed by atoms with Crippen molar-refractivity contribution in [3.8, 4) is 83.8 Å². The predicted octanol–water partition coefficient (Wildman–Crippen LogP) is 29.6. The first-order valence-corrected chi connectivity index (χ1v) is 40.9. The van der Waals surface area contributed by atoms with Crippen molar-refractivity contribution in [2.45, 2.75) is 0 Å². The number of hydrogen-bond acceptors (Lipinski definition) is 6. The first-order chi connectivity index (χ1) is 56.6. The summed E-state index contributed by atoms with van der Waals surface area (Å²) in [6, 6.07) is 138. The Morgan fingerprint density at radius 1 is 0.175 bits per heavy atom. The topological polar surface area (TPSA) is 53.5 Å². The fraction of sp³-hybridized carbons (Fsp3) is 0. The fourth-order valence-corrected chi connectivity index (χ4v) is 20.5. The highest BCUT2D eigenvalue weighted by Gasteiger charge is 2.21. The molecule has 15 aromatic carbocycles. The van der Waals surface area contributed by atoms with E-state index in [0.717, 1.165) is 22.2 Å². The summed E-state index contributed by atoms with van der Waals surface area (Å²) in [5.74, 6) is 0. The lowest BCUT2D eigenvalue weighted by Gasteiger charge is -2.17. The minimum Gasteiger partial charge on any atom is -0.309 e. The predicted molar refractivity (Wildman–Crippen MR) is 487 cm³/mol. The summed E-state index contributed by atoms with van der Waals surface area (Å²) < 4.78 is 14.7. The number of benzene rings is 15. The normalized spacial score (nSPS) is 11.7. The Morgan fingerprint density at radius 2 is 0.474 bits per heavy atom. The molecule has 9 heteroatoms. The van der Waals surface area contributed by atoms with E-state index in [1.807, 2.05) is 36.8 Å². The summed E-state index contributed by atoms with van der Waals surface area (Å²) in [5, 5.41) is 11.3. The molecule has 0 spiro atoms. The van der Waals surface area contributed by atoms with Crippen LogP contribution in [0.2, 0.25) is 0 Å². The highest BCUT2D eigenvalue weighted by Crippen LogP contribution is 2.46. The first-order valence-electron chi connectivity index (χ1n) is 38.4. The molecule has 24 rings (SSSR count). The number of thiophene rings is 3.